The summed E-state index contributed by atoms with van der Waals surface area (Å²) in [5, 5.41) is 3.76. The Balaban J connectivity index is 1.74. The number of halogens is 1. The molecule has 0 saturated carbocycles. The maximum atomic E-state index is 6.02. The lowest BCUT2D eigenvalue weighted by atomic mass is 10.1. The van der Waals surface area contributed by atoms with Crippen LogP contribution in [0.2, 0.25) is 0 Å². The SMILES string of the molecule is C/C=C/COc1cc(C)c(OCCCCOc2ccc(/C=N/OC)cc2Br)c(C)c1. The highest BCUT2D eigenvalue weighted by Crippen LogP contribution is 2.29. The normalized spacial score (nSPS) is 11.2. The molecular formula is C24H30BrNO4. The first-order valence-electron chi connectivity index (χ1n) is 10.0. The monoisotopic (exact) mass is 475 g/mol. The van der Waals surface area contributed by atoms with Gasteiger partial charge in [0.1, 0.15) is 31.0 Å². The van der Waals surface area contributed by atoms with Gasteiger partial charge >= 0.3 is 0 Å². The molecule has 0 atom stereocenters. The van der Waals surface area contributed by atoms with E-state index in [1.807, 2.05) is 63.3 Å². The summed E-state index contributed by atoms with van der Waals surface area (Å²) in [6.07, 6.45) is 7.43. The fourth-order valence-electron chi connectivity index (χ4n) is 2.85. The molecule has 0 heterocycles. The summed E-state index contributed by atoms with van der Waals surface area (Å²) in [4.78, 5) is 4.69. The van der Waals surface area contributed by atoms with E-state index in [2.05, 4.69) is 21.1 Å². The molecule has 0 aliphatic rings. The van der Waals surface area contributed by atoms with Crippen molar-refractivity contribution in [3.8, 4) is 17.2 Å². The molecule has 5 nitrogen and oxygen atoms in total. The van der Waals surface area contributed by atoms with Crippen LogP contribution in [-0.2, 0) is 4.84 Å². The second-order valence-corrected chi connectivity index (χ2v) is 7.63. The smallest absolute Gasteiger partial charge is 0.133 e. The van der Waals surface area contributed by atoms with E-state index in [9.17, 15) is 0 Å². The van der Waals surface area contributed by atoms with E-state index < -0.39 is 0 Å². The molecule has 0 fully saturated rings. The number of nitrogens with zero attached hydrogens (tertiary/aromatic N) is 1. The first kappa shape index (κ1) is 23.8. The van der Waals surface area contributed by atoms with Crippen LogP contribution in [0.25, 0.3) is 0 Å². The topological polar surface area (TPSA) is 49.3 Å². The summed E-state index contributed by atoms with van der Waals surface area (Å²) in [6, 6.07) is 9.84. The van der Waals surface area contributed by atoms with Gasteiger partial charge in [0.05, 0.1) is 23.9 Å². The van der Waals surface area contributed by atoms with Gasteiger partial charge in [0.25, 0.3) is 0 Å². The molecule has 0 amide bonds. The van der Waals surface area contributed by atoms with Gasteiger partial charge in [-0.2, -0.15) is 0 Å². The Bertz CT molecular complexity index is 841. The molecule has 0 bridgehead atoms. The van der Waals surface area contributed by atoms with E-state index in [-0.39, 0.29) is 0 Å². The van der Waals surface area contributed by atoms with E-state index in [4.69, 9.17) is 19.0 Å². The summed E-state index contributed by atoms with van der Waals surface area (Å²) >= 11 is 3.53. The lowest BCUT2D eigenvalue weighted by Gasteiger charge is -2.14. The van der Waals surface area contributed by atoms with Crippen LogP contribution < -0.4 is 14.2 Å². The zero-order valence-electron chi connectivity index (χ0n) is 18.1. The van der Waals surface area contributed by atoms with Crippen LogP contribution >= 0.6 is 15.9 Å². The Morgan fingerprint density at radius 2 is 1.67 bits per heavy atom. The molecule has 2 aromatic rings. The third-order valence-electron chi connectivity index (χ3n) is 4.32. The molecule has 0 aliphatic carbocycles. The van der Waals surface area contributed by atoms with Crippen molar-refractivity contribution >= 4 is 22.1 Å². The molecule has 0 radical (unpaired) electrons. The summed E-state index contributed by atoms with van der Waals surface area (Å²) in [5.74, 6) is 2.62. The Hall–Kier alpha value is -2.47. The number of allylic oxidation sites excluding steroid dienone is 1. The highest BCUT2D eigenvalue weighted by atomic mass is 79.9. The summed E-state index contributed by atoms with van der Waals surface area (Å²) in [5.41, 5.74) is 3.11. The quantitative estimate of drug-likeness (QED) is 0.158. The summed E-state index contributed by atoms with van der Waals surface area (Å²) < 4.78 is 18.5. The lowest BCUT2D eigenvalue weighted by Crippen LogP contribution is -2.05. The number of hydrogen-bond acceptors (Lipinski definition) is 5. The average molecular weight is 476 g/mol. The van der Waals surface area contributed by atoms with Gasteiger partial charge in [-0.1, -0.05) is 17.3 Å². The number of hydrogen-bond donors (Lipinski definition) is 0. The Labute approximate surface area is 187 Å². The second-order valence-electron chi connectivity index (χ2n) is 6.78. The van der Waals surface area contributed by atoms with Crippen molar-refractivity contribution in [1.29, 1.82) is 0 Å². The van der Waals surface area contributed by atoms with Crippen molar-refractivity contribution in [1.82, 2.24) is 0 Å². The van der Waals surface area contributed by atoms with E-state index in [1.165, 1.54) is 7.11 Å². The first-order chi connectivity index (χ1) is 14.5. The van der Waals surface area contributed by atoms with Crippen molar-refractivity contribution < 1.29 is 19.0 Å². The van der Waals surface area contributed by atoms with Crippen LogP contribution in [0.5, 0.6) is 17.2 Å². The number of benzene rings is 2. The molecule has 30 heavy (non-hydrogen) atoms. The van der Waals surface area contributed by atoms with Gasteiger partial charge in [-0.3, -0.25) is 0 Å². The number of oxime groups is 1. The molecule has 162 valence electrons. The van der Waals surface area contributed by atoms with E-state index >= 15 is 0 Å². The molecule has 0 aromatic heterocycles. The van der Waals surface area contributed by atoms with Gasteiger partial charge in [-0.15, -0.1) is 0 Å². The first-order valence-corrected chi connectivity index (χ1v) is 10.8. The molecule has 2 aromatic carbocycles. The molecule has 0 unspecified atom stereocenters. The van der Waals surface area contributed by atoms with Crippen molar-refractivity contribution in [3.05, 3.63) is 63.6 Å². The van der Waals surface area contributed by atoms with Crippen molar-refractivity contribution in [2.24, 2.45) is 5.16 Å². The fraction of sp³-hybridized carbons (Fsp3) is 0.375. The highest BCUT2D eigenvalue weighted by molar-refractivity contribution is 9.10. The molecule has 0 N–H and O–H groups in total. The van der Waals surface area contributed by atoms with E-state index in [1.54, 1.807) is 6.21 Å². The van der Waals surface area contributed by atoms with E-state index in [0.717, 1.165) is 51.3 Å². The second kappa shape index (κ2) is 13.0. The molecule has 0 saturated heterocycles. The Kier molecular flexibility index (Phi) is 10.3. The average Bonchev–Trinajstić information content (AvgIpc) is 2.72. The van der Waals surface area contributed by atoms with Crippen LogP contribution in [0.15, 0.2) is 52.1 Å². The predicted molar refractivity (Wildman–Crippen MR) is 125 cm³/mol. The summed E-state index contributed by atoms with van der Waals surface area (Å²) in [7, 11) is 1.52. The zero-order valence-corrected chi connectivity index (χ0v) is 19.7. The maximum absolute atomic E-state index is 6.02. The van der Waals surface area contributed by atoms with Crippen molar-refractivity contribution in [2.45, 2.75) is 33.6 Å². The van der Waals surface area contributed by atoms with Gasteiger partial charge in [-0.25, -0.2) is 0 Å². The minimum atomic E-state index is 0.579. The lowest BCUT2D eigenvalue weighted by molar-refractivity contribution is 0.215. The van der Waals surface area contributed by atoms with Crippen LogP contribution in [0, 0.1) is 13.8 Å². The van der Waals surface area contributed by atoms with Crippen molar-refractivity contribution in [3.63, 3.8) is 0 Å². The van der Waals surface area contributed by atoms with Gasteiger partial charge in [0.2, 0.25) is 0 Å². The predicted octanol–water partition coefficient (Wildman–Crippen LogP) is 6.24. The Morgan fingerprint density at radius 3 is 2.30 bits per heavy atom. The maximum Gasteiger partial charge on any atom is 0.133 e. The number of rotatable bonds is 12. The number of ether oxygens (including phenoxy) is 3. The third kappa shape index (κ3) is 7.75. The van der Waals surface area contributed by atoms with Gasteiger partial charge in [0, 0.05) is 0 Å². The minimum Gasteiger partial charge on any atom is -0.493 e. The van der Waals surface area contributed by atoms with Crippen LogP contribution in [-0.4, -0.2) is 33.1 Å². The largest absolute Gasteiger partial charge is 0.493 e. The molecular weight excluding hydrogens is 446 g/mol. The molecule has 0 aliphatic heterocycles. The van der Waals surface area contributed by atoms with Gasteiger partial charge in [-0.05, 0) is 96.6 Å². The third-order valence-corrected chi connectivity index (χ3v) is 4.94. The van der Waals surface area contributed by atoms with E-state index in [0.29, 0.717) is 19.8 Å². The molecule has 2 rings (SSSR count). The van der Waals surface area contributed by atoms with Gasteiger partial charge in [0.15, 0.2) is 0 Å². The summed E-state index contributed by atoms with van der Waals surface area (Å²) in [6.45, 7) is 7.94. The Morgan fingerprint density at radius 1 is 0.967 bits per heavy atom. The number of unbranched alkanes of at least 4 members (excludes halogenated alkanes) is 1. The minimum absolute atomic E-state index is 0.579. The fourth-order valence-corrected chi connectivity index (χ4v) is 3.36. The van der Waals surface area contributed by atoms with Crippen LogP contribution in [0.3, 0.4) is 0 Å². The van der Waals surface area contributed by atoms with Crippen molar-refractivity contribution in [2.75, 3.05) is 26.9 Å². The number of aryl methyl sites for hydroxylation is 2. The molecule has 0 spiro atoms. The van der Waals surface area contributed by atoms with Crippen LogP contribution in [0.1, 0.15) is 36.5 Å². The zero-order chi connectivity index (χ0) is 21.8. The van der Waals surface area contributed by atoms with Gasteiger partial charge < -0.3 is 19.0 Å². The highest BCUT2D eigenvalue weighted by Gasteiger charge is 2.07. The standard InChI is InChI=1S/C24H30BrNO4/c1-5-6-11-28-21-14-18(2)24(19(3)15-21)30-13-8-7-12-29-23-10-9-20(16-22(23)25)17-26-27-4/h5-6,9-10,14-17H,7-8,11-13H2,1-4H3/b6-5+,26-17+. The van der Waals surface area contributed by atoms with Crippen LogP contribution in [0.4, 0.5) is 0 Å². The molecule has 6 heteroatoms.